The summed E-state index contributed by atoms with van der Waals surface area (Å²) in [5.41, 5.74) is 10.8. The Morgan fingerprint density at radius 3 is 2.42 bits per heavy atom. The van der Waals surface area contributed by atoms with E-state index in [0.29, 0.717) is 12.0 Å². The summed E-state index contributed by atoms with van der Waals surface area (Å²) in [6, 6.07) is 0. The van der Waals surface area contributed by atoms with Gasteiger partial charge in [-0.25, -0.2) is 0 Å². The van der Waals surface area contributed by atoms with Crippen molar-refractivity contribution in [3.05, 3.63) is 52.0 Å². The van der Waals surface area contributed by atoms with Crippen molar-refractivity contribution in [2.24, 2.45) is 10.8 Å². The first-order chi connectivity index (χ1) is 12.0. The van der Waals surface area contributed by atoms with Crippen LogP contribution in [0.4, 0.5) is 0 Å². The molecule has 0 aromatic carbocycles. The fraction of sp³-hybridized carbons (Fsp3) is 0.640. The average molecular weight is 357 g/mol. The topological polar surface area (TPSA) is 9.23 Å². The molecule has 0 saturated heterocycles. The summed E-state index contributed by atoms with van der Waals surface area (Å²) < 4.78 is 5.48. The second-order valence-electron chi connectivity index (χ2n) is 9.32. The van der Waals surface area contributed by atoms with E-state index in [4.69, 9.17) is 4.74 Å². The van der Waals surface area contributed by atoms with Gasteiger partial charge in [0, 0.05) is 5.57 Å². The van der Waals surface area contributed by atoms with Crippen LogP contribution in [0.15, 0.2) is 52.0 Å². The van der Waals surface area contributed by atoms with Crippen LogP contribution in [-0.2, 0) is 4.74 Å². The van der Waals surface area contributed by atoms with Gasteiger partial charge in [-0.1, -0.05) is 51.8 Å². The van der Waals surface area contributed by atoms with E-state index in [9.17, 15) is 0 Å². The molecule has 0 fully saturated rings. The Balaban J connectivity index is 3.09. The molecule has 1 heteroatoms. The smallest absolute Gasteiger partial charge is 0.0867 e. The van der Waals surface area contributed by atoms with Crippen molar-refractivity contribution >= 4 is 0 Å². The molecule has 0 atom stereocenters. The first-order valence-corrected chi connectivity index (χ1v) is 10.1. The van der Waals surface area contributed by atoms with E-state index in [0.717, 1.165) is 12.0 Å². The van der Waals surface area contributed by atoms with Crippen LogP contribution in [0, 0.1) is 10.8 Å². The molecule has 1 nitrogen and oxygen atoms in total. The third-order valence-corrected chi connectivity index (χ3v) is 5.33. The molecule has 0 amide bonds. The fourth-order valence-corrected chi connectivity index (χ4v) is 3.82. The molecule has 0 radical (unpaired) electrons. The number of allylic oxidation sites excluding steroid dienone is 6. The molecular formula is C25H40O. The van der Waals surface area contributed by atoms with Crippen molar-refractivity contribution in [1.82, 2.24) is 0 Å². The van der Waals surface area contributed by atoms with E-state index >= 15 is 0 Å². The molecule has 0 aromatic heterocycles. The van der Waals surface area contributed by atoms with Gasteiger partial charge in [-0.3, -0.25) is 0 Å². The number of hydrogen-bond donors (Lipinski definition) is 0. The van der Waals surface area contributed by atoms with Gasteiger partial charge in [-0.15, -0.1) is 5.73 Å². The van der Waals surface area contributed by atoms with Gasteiger partial charge in [0.15, 0.2) is 0 Å². The van der Waals surface area contributed by atoms with Crippen LogP contribution in [0.1, 0.15) is 88.0 Å². The van der Waals surface area contributed by atoms with E-state index in [1.165, 1.54) is 30.4 Å². The highest BCUT2D eigenvalue weighted by Crippen LogP contribution is 2.42. The highest BCUT2D eigenvalue weighted by atomic mass is 16.5. The summed E-state index contributed by atoms with van der Waals surface area (Å²) in [6.45, 7) is 20.8. The summed E-state index contributed by atoms with van der Waals surface area (Å²) >= 11 is 0. The molecule has 0 unspecified atom stereocenters. The van der Waals surface area contributed by atoms with Crippen molar-refractivity contribution in [2.75, 3.05) is 6.61 Å². The van der Waals surface area contributed by atoms with E-state index in [1.54, 1.807) is 11.1 Å². The standard InChI is InChI=1S/C25H40O/c1-10-26-18-21(4)22(24(5,6)7)15-13-19(2)14-16-23-20(3)12-11-17-25(23,8)9/h13-14,18H,10-12,16-17H2,1-9H3/b19-14+,21-18+. The second kappa shape index (κ2) is 9.47. The normalized spacial score (nSPS) is 18.5. The van der Waals surface area contributed by atoms with Gasteiger partial charge >= 0.3 is 0 Å². The molecule has 0 spiro atoms. The van der Waals surface area contributed by atoms with Crippen LogP contribution in [0.2, 0.25) is 0 Å². The lowest BCUT2D eigenvalue weighted by atomic mass is 9.71. The van der Waals surface area contributed by atoms with Crippen molar-refractivity contribution in [1.29, 1.82) is 0 Å². The van der Waals surface area contributed by atoms with Crippen molar-refractivity contribution in [3.63, 3.8) is 0 Å². The van der Waals surface area contributed by atoms with Crippen molar-refractivity contribution < 1.29 is 4.74 Å². The predicted molar refractivity (Wildman–Crippen MR) is 115 cm³/mol. The van der Waals surface area contributed by atoms with Crippen LogP contribution >= 0.6 is 0 Å². The summed E-state index contributed by atoms with van der Waals surface area (Å²) in [7, 11) is 0. The van der Waals surface area contributed by atoms with Crippen LogP contribution in [0.25, 0.3) is 0 Å². The van der Waals surface area contributed by atoms with E-state index in [-0.39, 0.29) is 5.41 Å². The van der Waals surface area contributed by atoms with Crippen LogP contribution in [0.3, 0.4) is 0 Å². The first-order valence-electron chi connectivity index (χ1n) is 10.1. The van der Waals surface area contributed by atoms with E-state index in [2.05, 4.69) is 73.3 Å². The van der Waals surface area contributed by atoms with Gasteiger partial charge < -0.3 is 4.74 Å². The lowest BCUT2D eigenvalue weighted by Gasteiger charge is -2.34. The third kappa shape index (κ3) is 6.69. The minimum atomic E-state index is 0.0406. The van der Waals surface area contributed by atoms with Crippen molar-refractivity contribution in [2.45, 2.75) is 88.0 Å². The molecular weight excluding hydrogens is 316 g/mol. The molecule has 146 valence electrons. The summed E-state index contributed by atoms with van der Waals surface area (Å²) in [5, 5.41) is 0. The van der Waals surface area contributed by atoms with Gasteiger partial charge in [-0.2, -0.15) is 0 Å². The number of hydrogen-bond acceptors (Lipinski definition) is 1. The molecule has 26 heavy (non-hydrogen) atoms. The Morgan fingerprint density at radius 2 is 1.88 bits per heavy atom. The summed E-state index contributed by atoms with van der Waals surface area (Å²) in [5.74, 6) is 0. The Labute approximate surface area is 162 Å². The molecule has 1 aliphatic rings. The van der Waals surface area contributed by atoms with Gasteiger partial charge in [0.2, 0.25) is 0 Å². The van der Waals surface area contributed by atoms with Crippen LogP contribution in [-0.4, -0.2) is 6.61 Å². The zero-order chi connectivity index (χ0) is 20.0. The molecule has 0 bridgehead atoms. The quantitative estimate of drug-likeness (QED) is 0.203. The minimum absolute atomic E-state index is 0.0406. The van der Waals surface area contributed by atoms with Crippen LogP contribution < -0.4 is 0 Å². The lowest BCUT2D eigenvalue weighted by molar-refractivity contribution is 0.265. The maximum absolute atomic E-state index is 5.48. The highest BCUT2D eigenvalue weighted by molar-refractivity contribution is 5.35. The molecule has 0 heterocycles. The summed E-state index contributed by atoms with van der Waals surface area (Å²) in [4.78, 5) is 0. The highest BCUT2D eigenvalue weighted by Gasteiger charge is 2.27. The predicted octanol–water partition coefficient (Wildman–Crippen LogP) is 7.92. The molecule has 1 aliphatic carbocycles. The molecule has 0 N–H and O–H groups in total. The SMILES string of the molecule is CCO/C=C(\C)C(=C=C/C(C)=C/CC1=C(C)CCCC1(C)C)C(C)(C)C. The zero-order valence-corrected chi connectivity index (χ0v) is 18.7. The Hall–Kier alpha value is -1.46. The third-order valence-electron chi connectivity index (χ3n) is 5.33. The second-order valence-corrected chi connectivity index (χ2v) is 9.32. The maximum atomic E-state index is 5.48. The average Bonchev–Trinajstić information content (AvgIpc) is 2.50. The number of rotatable bonds is 6. The fourth-order valence-electron chi connectivity index (χ4n) is 3.82. The molecule has 1 rings (SSSR count). The molecule has 0 aromatic rings. The number of ether oxygens (including phenoxy) is 1. The first kappa shape index (κ1) is 22.6. The van der Waals surface area contributed by atoms with Crippen LogP contribution in [0.5, 0.6) is 0 Å². The Morgan fingerprint density at radius 1 is 1.23 bits per heavy atom. The Kier molecular flexibility index (Phi) is 8.22. The summed E-state index contributed by atoms with van der Waals surface area (Å²) in [6.07, 6.45) is 11.3. The van der Waals surface area contributed by atoms with Crippen molar-refractivity contribution in [3.8, 4) is 0 Å². The van der Waals surface area contributed by atoms with E-state index in [1.807, 2.05) is 13.2 Å². The van der Waals surface area contributed by atoms with Gasteiger partial charge in [-0.05, 0) is 81.4 Å². The van der Waals surface area contributed by atoms with Gasteiger partial charge in [0.05, 0.1) is 12.9 Å². The Bertz CT molecular complexity index is 638. The van der Waals surface area contributed by atoms with E-state index < -0.39 is 0 Å². The van der Waals surface area contributed by atoms with Gasteiger partial charge in [0.25, 0.3) is 0 Å². The maximum Gasteiger partial charge on any atom is 0.0867 e. The largest absolute Gasteiger partial charge is 0.501 e. The molecule has 0 aliphatic heterocycles. The lowest BCUT2D eigenvalue weighted by Crippen LogP contribution is -2.20. The zero-order valence-electron chi connectivity index (χ0n) is 18.7. The monoisotopic (exact) mass is 356 g/mol. The molecule has 0 saturated carbocycles. The minimum Gasteiger partial charge on any atom is -0.501 e. The van der Waals surface area contributed by atoms with Gasteiger partial charge in [0.1, 0.15) is 0 Å².